The van der Waals surface area contributed by atoms with E-state index in [0.717, 1.165) is 18.7 Å². The third-order valence-corrected chi connectivity index (χ3v) is 6.22. The van der Waals surface area contributed by atoms with Gasteiger partial charge in [-0.3, -0.25) is 4.31 Å². The van der Waals surface area contributed by atoms with E-state index in [1.165, 1.54) is 16.4 Å². The number of halogens is 1. The molecule has 0 aromatic heterocycles. The number of nitrogens with one attached hydrogen (secondary N) is 1. The van der Waals surface area contributed by atoms with Gasteiger partial charge in [-0.15, -0.1) is 0 Å². The van der Waals surface area contributed by atoms with Crippen LogP contribution in [0.1, 0.15) is 18.4 Å². The Kier molecular flexibility index (Phi) is 3.22. The predicted molar refractivity (Wildman–Crippen MR) is 72.3 cm³/mol. The van der Waals surface area contributed by atoms with Crippen LogP contribution in [0.15, 0.2) is 18.2 Å². The number of sulfonamides is 1. The lowest BCUT2D eigenvalue weighted by atomic mass is 10.2. The number of rotatable bonds is 2. The Morgan fingerprint density at radius 3 is 2.74 bits per heavy atom. The van der Waals surface area contributed by atoms with Gasteiger partial charge < -0.3 is 5.32 Å². The minimum Gasteiger partial charge on any atom is -0.317 e. The summed E-state index contributed by atoms with van der Waals surface area (Å²) in [5.74, 6) is -0.383. The van der Waals surface area contributed by atoms with E-state index in [-0.39, 0.29) is 11.1 Å². The van der Waals surface area contributed by atoms with Crippen molar-refractivity contribution >= 4 is 15.7 Å². The molecule has 1 N–H and O–H groups in total. The van der Waals surface area contributed by atoms with Gasteiger partial charge in [0.2, 0.25) is 10.0 Å². The molecule has 0 bridgehead atoms. The zero-order valence-electron chi connectivity index (χ0n) is 10.6. The van der Waals surface area contributed by atoms with Crippen LogP contribution in [0.25, 0.3) is 0 Å². The second kappa shape index (κ2) is 4.76. The van der Waals surface area contributed by atoms with Gasteiger partial charge in [0.15, 0.2) is 0 Å². The van der Waals surface area contributed by atoms with Crippen molar-refractivity contribution in [3.05, 3.63) is 29.6 Å². The van der Waals surface area contributed by atoms with E-state index in [4.69, 9.17) is 0 Å². The standard InChI is InChI=1S/C13H17FN2O2S/c14-11-2-1-10-5-8-16(13(10)9-11)19(17,18)12-3-6-15-7-4-12/h1-2,9,12,15H,3-8H2. The van der Waals surface area contributed by atoms with Gasteiger partial charge in [-0.1, -0.05) is 6.07 Å². The summed E-state index contributed by atoms with van der Waals surface area (Å²) in [6, 6.07) is 4.41. The minimum atomic E-state index is -3.37. The Morgan fingerprint density at radius 1 is 1.26 bits per heavy atom. The summed E-state index contributed by atoms with van der Waals surface area (Å²) in [5, 5.41) is 2.82. The molecule has 0 radical (unpaired) electrons. The Balaban J connectivity index is 1.93. The summed E-state index contributed by atoms with van der Waals surface area (Å²) in [6.07, 6.45) is 1.92. The molecule has 1 aromatic rings. The Labute approximate surface area is 112 Å². The molecule has 2 aliphatic heterocycles. The smallest absolute Gasteiger partial charge is 0.238 e. The van der Waals surface area contributed by atoms with E-state index < -0.39 is 10.0 Å². The number of fused-ring (bicyclic) bond motifs is 1. The first-order valence-corrected chi connectivity index (χ1v) is 8.10. The monoisotopic (exact) mass is 284 g/mol. The molecule has 1 fully saturated rings. The van der Waals surface area contributed by atoms with Crippen LogP contribution in [0.4, 0.5) is 10.1 Å². The molecular weight excluding hydrogens is 267 g/mol. The molecule has 1 saturated heterocycles. The third-order valence-electron chi connectivity index (χ3n) is 3.91. The van der Waals surface area contributed by atoms with Crippen molar-refractivity contribution in [2.45, 2.75) is 24.5 Å². The van der Waals surface area contributed by atoms with Crippen LogP contribution in [-0.2, 0) is 16.4 Å². The molecule has 1 aromatic carbocycles. The van der Waals surface area contributed by atoms with Crippen LogP contribution >= 0.6 is 0 Å². The fraction of sp³-hybridized carbons (Fsp3) is 0.538. The SMILES string of the molecule is O=S(=O)(C1CCNCC1)N1CCc2ccc(F)cc21. The number of hydrogen-bond acceptors (Lipinski definition) is 3. The third kappa shape index (κ3) is 2.23. The Bertz CT molecular complexity index is 582. The van der Waals surface area contributed by atoms with Crippen molar-refractivity contribution < 1.29 is 12.8 Å². The van der Waals surface area contributed by atoms with E-state index >= 15 is 0 Å². The molecule has 2 heterocycles. The molecular formula is C13H17FN2O2S. The van der Waals surface area contributed by atoms with Gasteiger partial charge in [0.25, 0.3) is 0 Å². The molecule has 6 heteroatoms. The highest BCUT2D eigenvalue weighted by atomic mass is 32.2. The van der Waals surface area contributed by atoms with Crippen molar-refractivity contribution in [3.63, 3.8) is 0 Å². The molecule has 3 rings (SSSR count). The maximum Gasteiger partial charge on any atom is 0.238 e. The molecule has 0 amide bonds. The van der Waals surface area contributed by atoms with Gasteiger partial charge >= 0.3 is 0 Å². The summed E-state index contributed by atoms with van der Waals surface area (Å²) in [6.45, 7) is 1.90. The van der Waals surface area contributed by atoms with Gasteiger partial charge in [0.1, 0.15) is 5.82 Å². The lowest BCUT2D eigenvalue weighted by Gasteiger charge is -2.28. The maximum absolute atomic E-state index is 13.3. The van der Waals surface area contributed by atoms with Crippen LogP contribution in [-0.4, -0.2) is 33.3 Å². The van der Waals surface area contributed by atoms with Gasteiger partial charge in [-0.25, -0.2) is 12.8 Å². The van der Waals surface area contributed by atoms with Crippen LogP contribution in [0.5, 0.6) is 0 Å². The zero-order chi connectivity index (χ0) is 13.5. The molecule has 0 atom stereocenters. The molecule has 0 aliphatic carbocycles. The summed E-state index contributed by atoms with van der Waals surface area (Å²) < 4.78 is 40.0. The van der Waals surface area contributed by atoms with Crippen LogP contribution < -0.4 is 9.62 Å². The van der Waals surface area contributed by atoms with E-state index in [2.05, 4.69) is 5.32 Å². The summed E-state index contributed by atoms with van der Waals surface area (Å²) in [7, 11) is -3.37. The average Bonchev–Trinajstić information content (AvgIpc) is 2.83. The summed E-state index contributed by atoms with van der Waals surface area (Å²) >= 11 is 0. The lowest BCUT2D eigenvalue weighted by Crippen LogP contribution is -2.43. The van der Waals surface area contributed by atoms with Crippen molar-refractivity contribution in [1.29, 1.82) is 0 Å². The van der Waals surface area contributed by atoms with Crippen LogP contribution in [0.3, 0.4) is 0 Å². The van der Waals surface area contributed by atoms with Crippen molar-refractivity contribution in [2.75, 3.05) is 23.9 Å². The first-order valence-electron chi connectivity index (χ1n) is 6.60. The average molecular weight is 284 g/mol. The van der Waals surface area contributed by atoms with Gasteiger partial charge in [0.05, 0.1) is 10.9 Å². The Morgan fingerprint density at radius 2 is 2.00 bits per heavy atom. The van der Waals surface area contributed by atoms with E-state index in [1.54, 1.807) is 6.07 Å². The van der Waals surface area contributed by atoms with Crippen LogP contribution in [0.2, 0.25) is 0 Å². The van der Waals surface area contributed by atoms with Gasteiger partial charge in [-0.05, 0) is 50.0 Å². The summed E-state index contributed by atoms with van der Waals surface area (Å²) in [4.78, 5) is 0. The quantitative estimate of drug-likeness (QED) is 0.890. The second-order valence-corrected chi connectivity index (χ2v) is 7.23. The lowest BCUT2D eigenvalue weighted by molar-refractivity contribution is 0.494. The van der Waals surface area contributed by atoms with Gasteiger partial charge in [-0.2, -0.15) is 0 Å². The highest BCUT2D eigenvalue weighted by Gasteiger charge is 2.36. The normalized spacial score (nSPS) is 20.6. The van der Waals surface area contributed by atoms with E-state index in [1.807, 2.05) is 0 Å². The van der Waals surface area contributed by atoms with Crippen molar-refractivity contribution in [3.8, 4) is 0 Å². The number of piperidine rings is 1. The van der Waals surface area contributed by atoms with Crippen molar-refractivity contribution in [1.82, 2.24) is 5.32 Å². The van der Waals surface area contributed by atoms with Gasteiger partial charge in [0, 0.05) is 6.54 Å². The predicted octanol–water partition coefficient (Wildman–Crippen LogP) is 1.27. The highest BCUT2D eigenvalue weighted by molar-refractivity contribution is 7.93. The van der Waals surface area contributed by atoms with E-state index in [9.17, 15) is 12.8 Å². The highest BCUT2D eigenvalue weighted by Crippen LogP contribution is 2.33. The van der Waals surface area contributed by atoms with E-state index in [0.29, 0.717) is 31.5 Å². The topological polar surface area (TPSA) is 49.4 Å². The Hall–Kier alpha value is -1.14. The minimum absolute atomic E-state index is 0.344. The summed E-state index contributed by atoms with van der Waals surface area (Å²) in [5.41, 5.74) is 1.44. The van der Waals surface area contributed by atoms with Crippen LogP contribution in [0, 0.1) is 5.82 Å². The molecule has 0 unspecified atom stereocenters. The molecule has 19 heavy (non-hydrogen) atoms. The maximum atomic E-state index is 13.3. The molecule has 4 nitrogen and oxygen atoms in total. The molecule has 0 spiro atoms. The number of hydrogen-bond donors (Lipinski definition) is 1. The first kappa shape index (κ1) is 12.9. The first-order chi connectivity index (χ1) is 9.09. The fourth-order valence-electron chi connectivity index (χ4n) is 2.86. The number of nitrogens with zero attached hydrogens (tertiary/aromatic N) is 1. The van der Waals surface area contributed by atoms with Crippen molar-refractivity contribution in [2.24, 2.45) is 0 Å². The fourth-order valence-corrected chi connectivity index (χ4v) is 4.84. The number of anilines is 1. The number of benzene rings is 1. The zero-order valence-corrected chi connectivity index (χ0v) is 11.4. The molecule has 0 saturated carbocycles. The molecule has 104 valence electrons. The molecule has 2 aliphatic rings. The largest absolute Gasteiger partial charge is 0.317 e. The second-order valence-electron chi connectivity index (χ2n) is 5.09.